The maximum Gasteiger partial charge on any atom is 0.225 e. The Morgan fingerprint density at radius 1 is 0.969 bits per heavy atom. The molecule has 2 aromatic rings. The van der Waals surface area contributed by atoms with Crippen molar-refractivity contribution in [2.45, 2.75) is 70.0 Å². The maximum absolute atomic E-state index is 5.51. The Morgan fingerprint density at radius 2 is 1.72 bits per heavy atom. The van der Waals surface area contributed by atoms with E-state index >= 15 is 0 Å². The highest BCUT2D eigenvalue weighted by Crippen LogP contribution is 2.30. The molecule has 0 unspecified atom stereocenters. The molecule has 1 saturated carbocycles. The molecule has 0 spiro atoms. The normalized spacial score (nSPS) is 20.4. The fourth-order valence-corrected chi connectivity index (χ4v) is 4.91. The summed E-state index contributed by atoms with van der Waals surface area (Å²) in [5.41, 5.74) is 3.71. The molecule has 1 aromatic carbocycles. The number of hydrogen-bond acceptors (Lipinski definition) is 7. The Hall–Kier alpha value is -2.54. The minimum Gasteiger partial charge on any atom is -0.497 e. The van der Waals surface area contributed by atoms with E-state index in [9.17, 15) is 0 Å². The van der Waals surface area contributed by atoms with Crippen LogP contribution in [0.25, 0.3) is 0 Å². The van der Waals surface area contributed by atoms with Crippen molar-refractivity contribution in [3.63, 3.8) is 0 Å². The van der Waals surface area contributed by atoms with Crippen molar-refractivity contribution in [1.82, 2.24) is 15.3 Å². The summed E-state index contributed by atoms with van der Waals surface area (Å²) in [4.78, 5) is 11.9. The molecule has 1 aromatic heterocycles. The number of fused-ring (bicyclic) bond motifs is 1. The summed E-state index contributed by atoms with van der Waals surface area (Å²) in [6.45, 7) is 0.781. The Labute approximate surface area is 191 Å². The van der Waals surface area contributed by atoms with Crippen LogP contribution in [0.3, 0.4) is 0 Å². The van der Waals surface area contributed by atoms with E-state index in [1.165, 1.54) is 24.1 Å². The lowest BCUT2D eigenvalue weighted by molar-refractivity contribution is 0.347. The zero-order valence-electron chi connectivity index (χ0n) is 19.9. The van der Waals surface area contributed by atoms with Crippen LogP contribution in [0, 0.1) is 0 Å². The molecule has 1 fully saturated rings. The number of nitrogens with zero attached hydrogens (tertiary/aromatic N) is 3. The molecule has 0 saturated heterocycles. The molecule has 4 rings (SSSR count). The van der Waals surface area contributed by atoms with Gasteiger partial charge < -0.3 is 25.0 Å². The number of aryl methyl sites for hydroxylation is 1. The number of hydrogen-bond donors (Lipinski definition) is 2. The van der Waals surface area contributed by atoms with Crippen molar-refractivity contribution in [1.29, 1.82) is 0 Å². The molecule has 7 nitrogen and oxygen atoms in total. The lowest BCUT2D eigenvalue weighted by Gasteiger charge is -2.31. The van der Waals surface area contributed by atoms with Gasteiger partial charge in [-0.25, -0.2) is 4.98 Å². The van der Waals surface area contributed by atoms with Crippen molar-refractivity contribution in [3.8, 4) is 11.5 Å². The summed E-state index contributed by atoms with van der Waals surface area (Å²) in [7, 11) is 7.57. The first-order chi connectivity index (χ1) is 15.6. The average Bonchev–Trinajstić information content (AvgIpc) is 2.82. The quantitative estimate of drug-likeness (QED) is 0.645. The van der Waals surface area contributed by atoms with Gasteiger partial charge in [0, 0.05) is 43.9 Å². The van der Waals surface area contributed by atoms with Crippen LogP contribution in [0.15, 0.2) is 18.2 Å². The number of benzene rings is 1. The molecule has 0 radical (unpaired) electrons. The van der Waals surface area contributed by atoms with E-state index < -0.39 is 0 Å². The highest BCUT2D eigenvalue weighted by molar-refractivity contribution is 5.53. The number of nitrogens with one attached hydrogen (secondary N) is 2. The van der Waals surface area contributed by atoms with Gasteiger partial charge in [-0.3, -0.25) is 0 Å². The molecule has 2 N–H and O–H groups in total. The van der Waals surface area contributed by atoms with E-state index in [2.05, 4.69) is 35.7 Å². The Bertz CT molecular complexity index is 909. The third kappa shape index (κ3) is 5.26. The number of aromatic nitrogens is 2. The van der Waals surface area contributed by atoms with E-state index in [1.54, 1.807) is 14.2 Å². The van der Waals surface area contributed by atoms with Crippen LogP contribution in [0.4, 0.5) is 11.8 Å². The molecule has 0 bridgehead atoms. The first-order valence-electron chi connectivity index (χ1n) is 11.8. The van der Waals surface area contributed by atoms with Crippen LogP contribution in [0.2, 0.25) is 0 Å². The van der Waals surface area contributed by atoms with Gasteiger partial charge in [-0.1, -0.05) is 0 Å². The fraction of sp³-hybridized carbons (Fsp3) is 0.600. The number of rotatable bonds is 8. The largest absolute Gasteiger partial charge is 0.497 e. The fourth-order valence-electron chi connectivity index (χ4n) is 4.91. The van der Waals surface area contributed by atoms with Gasteiger partial charge in [0.05, 0.1) is 19.9 Å². The minimum atomic E-state index is 0.427. The monoisotopic (exact) mass is 439 g/mol. The van der Waals surface area contributed by atoms with E-state index in [-0.39, 0.29) is 0 Å². The van der Waals surface area contributed by atoms with E-state index in [0.29, 0.717) is 12.1 Å². The standard InChI is InChI=1S/C25H37N5O2/c1-30(2)24-21-7-5-6-8-22(21)28-25(29-24)27-19-11-9-18(10-12-19)26-16-17-15-20(31-3)13-14-23(17)32-4/h13-15,18-19,26H,5-12,16H2,1-4H3,(H,27,28,29)/t18-,19+. The van der Waals surface area contributed by atoms with Gasteiger partial charge in [0.15, 0.2) is 0 Å². The molecule has 1 heterocycles. The Balaban J connectivity index is 1.32. The van der Waals surface area contributed by atoms with Crippen molar-refractivity contribution in [3.05, 3.63) is 35.0 Å². The molecule has 174 valence electrons. The third-order valence-corrected chi connectivity index (χ3v) is 6.71. The molecule has 0 atom stereocenters. The highest BCUT2D eigenvalue weighted by atomic mass is 16.5. The van der Waals surface area contributed by atoms with Crippen LogP contribution >= 0.6 is 0 Å². The summed E-state index contributed by atoms with van der Waals surface area (Å²) in [5.74, 6) is 3.64. The van der Waals surface area contributed by atoms with Crippen LogP contribution in [-0.2, 0) is 19.4 Å². The third-order valence-electron chi connectivity index (χ3n) is 6.71. The molecular formula is C25H37N5O2. The van der Waals surface area contributed by atoms with Gasteiger partial charge in [-0.05, 0) is 69.6 Å². The second kappa shape index (κ2) is 10.4. The Morgan fingerprint density at radius 3 is 2.44 bits per heavy atom. The smallest absolute Gasteiger partial charge is 0.225 e. The molecule has 0 amide bonds. The SMILES string of the molecule is COc1ccc(OC)c(CN[C@H]2CC[C@@H](Nc3nc4c(c(N(C)C)n3)CCCC4)CC2)c1. The van der Waals surface area contributed by atoms with Gasteiger partial charge in [-0.2, -0.15) is 4.98 Å². The predicted octanol–water partition coefficient (Wildman–Crippen LogP) is 3.95. The lowest BCUT2D eigenvalue weighted by atomic mass is 9.91. The van der Waals surface area contributed by atoms with Crippen molar-refractivity contribution in [2.24, 2.45) is 0 Å². The Kier molecular flexibility index (Phi) is 7.35. The van der Waals surface area contributed by atoms with Gasteiger partial charge in [-0.15, -0.1) is 0 Å². The van der Waals surface area contributed by atoms with Crippen LogP contribution in [0.1, 0.15) is 55.3 Å². The molecule has 2 aliphatic rings. The van der Waals surface area contributed by atoms with Gasteiger partial charge in [0.25, 0.3) is 0 Å². The summed E-state index contributed by atoms with van der Waals surface area (Å²) < 4.78 is 10.9. The lowest BCUT2D eigenvalue weighted by Crippen LogP contribution is -2.37. The summed E-state index contributed by atoms with van der Waals surface area (Å²) >= 11 is 0. The van der Waals surface area contributed by atoms with Crippen molar-refractivity contribution < 1.29 is 9.47 Å². The second-order valence-electron chi connectivity index (χ2n) is 9.15. The first kappa shape index (κ1) is 22.6. The number of ether oxygens (including phenoxy) is 2. The van der Waals surface area contributed by atoms with Gasteiger partial charge in [0.2, 0.25) is 5.95 Å². The first-order valence-corrected chi connectivity index (χ1v) is 11.8. The van der Waals surface area contributed by atoms with E-state index in [4.69, 9.17) is 19.4 Å². The summed E-state index contributed by atoms with van der Waals surface area (Å²) in [6.07, 6.45) is 9.13. The minimum absolute atomic E-state index is 0.427. The van der Waals surface area contributed by atoms with Gasteiger partial charge >= 0.3 is 0 Å². The highest BCUT2D eigenvalue weighted by Gasteiger charge is 2.24. The maximum atomic E-state index is 5.51. The van der Waals surface area contributed by atoms with Gasteiger partial charge in [0.1, 0.15) is 17.3 Å². The van der Waals surface area contributed by atoms with Crippen molar-refractivity contribution >= 4 is 11.8 Å². The van der Waals surface area contributed by atoms with E-state index in [0.717, 1.165) is 73.9 Å². The van der Waals surface area contributed by atoms with Crippen LogP contribution in [0.5, 0.6) is 11.5 Å². The average molecular weight is 440 g/mol. The predicted molar refractivity (Wildman–Crippen MR) is 129 cm³/mol. The zero-order valence-corrected chi connectivity index (χ0v) is 19.9. The van der Waals surface area contributed by atoms with Crippen LogP contribution in [-0.4, -0.2) is 50.4 Å². The molecule has 32 heavy (non-hydrogen) atoms. The molecule has 2 aliphatic carbocycles. The second-order valence-corrected chi connectivity index (χ2v) is 9.15. The zero-order chi connectivity index (χ0) is 22.5. The molecular weight excluding hydrogens is 402 g/mol. The van der Waals surface area contributed by atoms with Crippen molar-refractivity contribution in [2.75, 3.05) is 38.5 Å². The van der Waals surface area contributed by atoms with E-state index in [1.807, 2.05) is 12.1 Å². The molecule has 0 aliphatic heterocycles. The van der Waals surface area contributed by atoms with Crippen LogP contribution < -0.4 is 25.0 Å². The topological polar surface area (TPSA) is 71.5 Å². The summed E-state index contributed by atoms with van der Waals surface area (Å²) in [5, 5.41) is 7.35. The summed E-state index contributed by atoms with van der Waals surface area (Å²) in [6, 6.07) is 6.89. The molecule has 7 heteroatoms. The number of methoxy groups -OCH3 is 2. The number of anilines is 2.